The van der Waals surface area contributed by atoms with E-state index in [0.29, 0.717) is 17.7 Å². The van der Waals surface area contributed by atoms with Crippen LogP contribution in [0.3, 0.4) is 0 Å². The lowest BCUT2D eigenvalue weighted by Crippen LogP contribution is -2.31. The molecule has 0 saturated heterocycles. The first-order valence-electron chi connectivity index (χ1n) is 4.83. The molecule has 1 aliphatic heterocycles. The number of fused-ring (bicyclic) bond motifs is 1. The zero-order valence-corrected chi connectivity index (χ0v) is 8.22. The highest BCUT2D eigenvalue weighted by atomic mass is 16.5. The van der Waals surface area contributed by atoms with Crippen molar-refractivity contribution >= 4 is 5.97 Å². The number of ether oxygens (including phenoxy) is 1. The molecule has 15 heavy (non-hydrogen) atoms. The minimum atomic E-state index is -0.791. The number of aliphatic hydroxyl groups is 1. The summed E-state index contributed by atoms with van der Waals surface area (Å²) in [5, 5.41) is 9.97. The fourth-order valence-corrected chi connectivity index (χ4v) is 1.75. The fourth-order valence-electron chi connectivity index (χ4n) is 1.75. The number of para-hydroxylation sites is 1. The predicted octanol–water partition coefficient (Wildman–Crippen LogP) is 1.83. The maximum absolute atomic E-state index is 11.5. The summed E-state index contributed by atoms with van der Waals surface area (Å²) in [7, 11) is 0. The summed E-state index contributed by atoms with van der Waals surface area (Å²) in [6.45, 7) is 3.56. The van der Waals surface area contributed by atoms with Crippen LogP contribution in [0.4, 0.5) is 0 Å². The zero-order valence-electron chi connectivity index (χ0n) is 8.22. The summed E-state index contributed by atoms with van der Waals surface area (Å²) < 4.78 is 5.12. The van der Waals surface area contributed by atoms with Gasteiger partial charge in [0.05, 0.1) is 12.0 Å². The van der Waals surface area contributed by atoms with Crippen molar-refractivity contribution in [2.45, 2.75) is 12.5 Å². The second-order valence-corrected chi connectivity index (χ2v) is 3.53. The van der Waals surface area contributed by atoms with Gasteiger partial charge in [-0.05, 0) is 12.5 Å². The van der Waals surface area contributed by atoms with E-state index in [1.165, 1.54) is 0 Å². The molecule has 1 heterocycles. The molecule has 0 radical (unpaired) electrons. The van der Waals surface area contributed by atoms with Crippen LogP contribution in [0.5, 0.6) is 5.75 Å². The van der Waals surface area contributed by atoms with Gasteiger partial charge in [0.2, 0.25) is 0 Å². The van der Waals surface area contributed by atoms with Crippen molar-refractivity contribution in [1.29, 1.82) is 0 Å². The van der Waals surface area contributed by atoms with Gasteiger partial charge < -0.3 is 9.84 Å². The molecule has 0 saturated carbocycles. The monoisotopic (exact) mass is 204 g/mol. The summed E-state index contributed by atoms with van der Waals surface area (Å²) in [6, 6.07) is 7.03. The van der Waals surface area contributed by atoms with Gasteiger partial charge in [-0.25, -0.2) is 0 Å². The van der Waals surface area contributed by atoms with E-state index >= 15 is 0 Å². The molecule has 0 fully saturated rings. The molecule has 1 aromatic rings. The molecule has 2 rings (SSSR count). The van der Waals surface area contributed by atoms with Crippen molar-refractivity contribution < 1.29 is 14.6 Å². The molecule has 1 N–H and O–H groups in total. The number of aliphatic hydroxyl groups excluding tert-OH is 1. The molecule has 0 amide bonds. The molecular weight excluding hydrogens is 192 g/mol. The lowest BCUT2D eigenvalue weighted by molar-refractivity contribution is -0.145. The average molecular weight is 204 g/mol. The third-order valence-corrected chi connectivity index (χ3v) is 2.55. The molecule has 0 aliphatic carbocycles. The quantitative estimate of drug-likeness (QED) is 0.454. The van der Waals surface area contributed by atoms with Gasteiger partial charge in [-0.2, -0.15) is 0 Å². The Kier molecular flexibility index (Phi) is 2.56. The molecule has 2 unspecified atom stereocenters. The smallest absolute Gasteiger partial charge is 0.317 e. The second kappa shape index (κ2) is 3.87. The van der Waals surface area contributed by atoms with Crippen LogP contribution in [0, 0.1) is 5.92 Å². The van der Waals surface area contributed by atoms with Crippen LogP contribution in [0.25, 0.3) is 0 Å². The first-order chi connectivity index (χ1) is 7.24. The van der Waals surface area contributed by atoms with E-state index in [0.717, 1.165) is 0 Å². The average Bonchev–Trinajstić information content (AvgIpc) is 2.24. The van der Waals surface area contributed by atoms with E-state index in [9.17, 15) is 9.90 Å². The van der Waals surface area contributed by atoms with Gasteiger partial charge in [0.1, 0.15) is 5.75 Å². The number of carbonyl (C=O) groups excluding carboxylic acids is 1. The van der Waals surface area contributed by atoms with Gasteiger partial charge in [0.25, 0.3) is 0 Å². The lowest BCUT2D eigenvalue weighted by atomic mass is 9.90. The van der Waals surface area contributed by atoms with Crippen LogP contribution in [0.15, 0.2) is 36.9 Å². The Morgan fingerprint density at radius 3 is 2.93 bits per heavy atom. The summed E-state index contributed by atoms with van der Waals surface area (Å²) in [6.07, 6.45) is 1.25. The Balaban J connectivity index is 2.38. The third kappa shape index (κ3) is 1.66. The highest BCUT2D eigenvalue weighted by Crippen LogP contribution is 2.37. The number of hydrogen-bond donors (Lipinski definition) is 1. The van der Waals surface area contributed by atoms with Gasteiger partial charge in [0.15, 0.2) is 0 Å². The number of rotatable bonds is 2. The highest BCUT2D eigenvalue weighted by molar-refractivity contribution is 5.79. The first-order valence-corrected chi connectivity index (χ1v) is 4.83. The van der Waals surface area contributed by atoms with Crippen molar-refractivity contribution in [3.63, 3.8) is 0 Å². The molecule has 3 heteroatoms. The minimum absolute atomic E-state index is 0.388. The molecule has 0 bridgehead atoms. The third-order valence-electron chi connectivity index (χ3n) is 2.55. The Labute approximate surface area is 88.0 Å². The van der Waals surface area contributed by atoms with E-state index in [2.05, 4.69) is 6.58 Å². The minimum Gasteiger partial charge on any atom is -0.426 e. The Bertz CT molecular complexity index is 398. The SMILES string of the molecule is C=CCC1C(=O)Oc2ccccc2C1O. The maximum Gasteiger partial charge on any atom is 0.317 e. The van der Waals surface area contributed by atoms with Crippen molar-refractivity contribution in [1.82, 2.24) is 0 Å². The fraction of sp³-hybridized carbons (Fsp3) is 0.250. The van der Waals surface area contributed by atoms with Crippen molar-refractivity contribution in [2.24, 2.45) is 5.92 Å². The first kappa shape index (κ1) is 9.93. The van der Waals surface area contributed by atoms with Crippen LogP contribution in [-0.4, -0.2) is 11.1 Å². The van der Waals surface area contributed by atoms with Gasteiger partial charge in [-0.1, -0.05) is 24.3 Å². The number of allylic oxidation sites excluding steroid dienone is 1. The Morgan fingerprint density at radius 2 is 2.20 bits per heavy atom. The zero-order chi connectivity index (χ0) is 10.8. The Hall–Kier alpha value is -1.61. The molecule has 0 aromatic heterocycles. The molecule has 0 spiro atoms. The van der Waals surface area contributed by atoms with Gasteiger partial charge in [0, 0.05) is 5.56 Å². The predicted molar refractivity (Wildman–Crippen MR) is 55.3 cm³/mol. The number of benzene rings is 1. The molecule has 1 aliphatic rings. The van der Waals surface area contributed by atoms with E-state index in [1.807, 2.05) is 6.07 Å². The molecule has 1 aromatic carbocycles. The largest absolute Gasteiger partial charge is 0.426 e. The van der Waals surface area contributed by atoms with Gasteiger partial charge in [-0.3, -0.25) is 4.79 Å². The van der Waals surface area contributed by atoms with Crippen LogP contribution >= 0.6 is 0 Å². The molecule has 3 nitrogen and oxygen atoms in total. The van der Waals surface area contributed by atoms with Crippen molar-refractivity contribution in [3.05, 3.63) is 42.5 Å². The summed E-state index contributed by atoms with van der Waals surface area (Å²) in [4.78, 5) is 11.5. The molecule has 78 valence electrons. The topological polar surface area (TPSA) is 46.5 Å². The molecular formula is C12H12O3. The van der Waals surface area contributed by atoms with E-state index in [4.69, 9.17) is 4.74 Å². The highest BCUT2D eigenvalue weighted by Gasteiger charge is 2.35. The van der Waals surface area contributed by atoms with Crippen molar-refractivity contribution in [3.8, 4) is 5.75 Å². The molecule has 2 atom stereocenters. The summed E-state index contributed by atoms with van der Waals surface area (Å²) in [5.74, 6) is -0.464. The van der Waals surface area contributed by atoms with E-state index in [-0.39, 0.29) is 5.97 Å². The van der Waals surface area contributed by atoms with Gasteiger partial charge >= 0.3 is 5.97 Å². The number of carbonyl (C=O) groups is 1. The van der Waals surface area contributed by atoms with E-state index in [1.54, 1.807) is 24.3 Å². The van der Waals surface area contributed by atoms with E-state index < -0.39 is 12.0 Å². The summed E-state index contributed by atoms with van der Waals surface area (Å²) in [5.41, 5.74) is 0.670. The second-order valence-electron chi connectivity index (χ2n) is 3.53. The van der Waals surface area contributed by atoms with Crippen molar-refractivity contribution in [2.75, 3.05) is 0 Å². The Morgan fingerprint density at radius 1 is 1.47 bits per heavy atom. The standard InChI is InChI=1S/C12H12O3/c1-2-5-9-11(13)8-6-3-4-7-10(8)15-12(9)14/h2-4,6-7,9,11,13H,1,5H2. The van der Waals surface area contributed by atoms with Crippen LogP contribution in [0.2, 0.25) is 0 Å². The van der Waals surface area contributed by atoms with Gasteiger partial charge in [-0.15, -0.1) is 6.58 Å². The summed E-state index contributed by atoms with van der Waals surface area (Å²) >= 11 is 0. The number of hydrogen-bond acceptors (Lipinski definition) is 3. The number of esters is 1. The van der Waals surface area contributed by atoms with Crippen LogP contribution in [-0.2, 0) is 4.79 Å². The lowest BCUT2D eigenvalue weighted by Gasteiger charge is -2.27. The van der Waals surface area contributed by atoms with Crippen LogP contribution in [0.1, 0.15) is 18.1 Å². The normalized spacial score (nSPS) is 24.2. The maximum atomic E-state index is 11.5. The van der Waals surface area contributed by atoms with Crippen LogP contribution < -0.4 is 4.74 Å².